The van der Waals surface area contributed by atoms with E-state index in [1.807, 2.05) is 11.2 Å². The van der Waals surface area contributed by atoms with Gasteiger partial charge in [0.1, 0.15) is 10.5 Å². The van der Waals surface area contributed by atoms with Gasteiger partial charge in [-0.2, -0.15) is 0 Å². The van der Waals surface area contributed by atoms with E-state index < -0.39 is 5.82 Å². The van der Waals surface area contributed by atoms with Gasteiger partial charge in [0.05, 0.1) is 11.6 Å². The minimum atomic E-state index is -0.598. The van der Waals surface area contributed by atoms with E-state index in [1.54, 1.807) is 13.1 Å². The molecule has 1 saturated heterocycles. The summed E-state index contributed by atoms with van der Waals surface area (Å²) in [6.45, 7) is 5.21. The second kappa shape index (κ2) is 8.15. The van der Waals surface area contributed by atoms with E-state index in [1.165, 1.54) is 11.8 Å². The lowest BCUT2D eigenvalue weighted by atomic mass is 9.70. The number of carbonyl (C=O) groups excluding carboxylic acids is 1. The third-order valence-corrected chi connectivity index (χ3v) is 8.21. The highest BCUT2D eigenvalue weighted by molar-refractivity contribution is 7.98. The number of nitrogens with zero attached hydrogens (tertiary/aromatic N) is 4. The quantitative estimate of drug-likeness (QED) is 0.427. The molecule has 0 spiro atoms. The van der Waals surface area contributed by atoms with Crippen molar-refractivity contribution in [2.75, 3.05) is 19.3 Å². The van der Waals surface area contributed by atoms with Gasteiger partial charge in [-0.25, -0.2) is 14.4 Å². The number of hydrogen-bond acceptors (Lipinski definition) is 5. The molecule has 1 aliphatic heterocycles. The van der Waals surface area contributed by atoms with Crippen LogP contribution in [0.15, 0.2) is 17.3 Å². The zero-order valence-corrected chi connectivity index (χ0v) is 20.0. The molecule has 5 rings (SSSR count). The summed E-state index contributed by atoms with van der Waals surface area (Å²) in [5.41, 5.74) is 8.38. The Bertz CT molecular complexity index is 1230. The molecule has 1 saturated carbocycles. The molecule has 1 aliphatic carbocycles. The normalized spacial score (nSPS) is 25.6. The number of halogens is 2. The third-order valence-electron chi connectivity index (χ3n) is 7.25. The minimum absolute atomic E-state index is 0.0130. The van der Waals surface area contributed by atoms with Gasteiger partial charge >= 0.3 is 0 Å². The Morgan fingerprint density at radius 3 is 2.84 bits per heavy atom. The smallest absolute Gasteiger partial charge is 0.220 e. The van der Waals surface area contributed by atoms with Crippen LogP contribution in [0.3, 0.4) is 0 Å². The van der Waals surface area contributed by atoms with Crippen molar-refractivity contribution in [3.8, 4) is 0 Å². The first-order chi connectivity index (χ1) is 15.4. The summed E-state index contributed by atoms with van der Waals surface area (Å²) in [4.78, 5) is 23.1. The molecule has 3 aromatic rings. The predicted molar refractivity (Wildman–Crippen MR) is 127 cm³/mol. The van der Waals surface area contributed by atoms with Gasteiger partial charge in [-0.05, 0) is 50.0 Å². The van der Waals surface area contributed by atoms with Crippen LogP contribution in [0.2, 0.25) is 5.15 Å². The SMILES string of the molecule is CSc1nc2c(F)c(Cl)ncc2c2c1cc([C@H]1CCCN1C(C)=O)n2[C@H]1[C@@H](CN)C[C@@H]1C. The number of nitrogens with two attached hydrogens (primary N) is 1. The summed E-state index contributed by atoms with van der Waals surface area (Å²) in [6, 6.07) is 2.33. The molecule has 2 aliphatic rings. The van der Waals surface area contributed by atoms with Crippen LogP contribution in [0.25, 0.3) is 21.8 Å². The second-order valence-corrected chi connectivity index (χ2v) is 10.2. The molecular formula is C23H27ClFN5OS. The fourth-order valence-corrected chi connectivity index (χ4v) is 6.49. The monoisotopic (exact) mass is 475 g/mol. The van der Waals surface area contributed by atoms with E-state index in [2.05, 4.69) is 27.5 Å². The summed E-state index contributed by atoms with van der Waals surface area (Å²) in [7, 11) is 0. The van der Waals surface area contributed by atoms with Gasteiger partial charge in [-0.3, -0.25) is 4.79 Å². The fraction of sp³-hybridized carbons (Fsp3) is 0.522. The van der Waals surface area contributed by atoms with Crippen molar-refractivity contribution < 1.29 is 9.18 Å². The molecule has 170 valence electrons. The van der Waals surface area contributed by atoms with E-state index >= 15 is 4.39 Å². The van der Waals surface area contributed by atoms with Crippen molar-refractivity contribution in [3.05, 3.63) is 28.9 Å². The number of carbonyl (C=O) groups is 1. The zero-order valence-electron chi connectivity index (χ0n) is 18.4. The van der Waals surface area contributed by atoms with Crippen LogP contribution in [-0.2, 0) is 4.79 Å². The molecule has 3 aromatic heterocycles. The number of pyridine rings is 2. The molecule has 0 bridgehead atoms. The molecule has 1 amide bonds. The van der Waals surface area contributed by atoms with Gasteiger partial charge in [-0.15, -0.1) is 11.8 Å². The van der Waals surface area contributed by atoms with Crippen LogP contribution < -0.4 is 5.73 Å². The number of likely N-dealkylation sites (tertiary alicyclic amines) is 1. The molecule has 9 heteroatoms. The Labute approximate surface area is 195 Å². The number of rotatable bonds is 4. The van der Waals surface area contributed by atoms with Gasteiger partial charge in [-0.1, -0.05) is 18.5 Å². The predicted octanol–water partition coefficient (Wildman–Crippen LogP) is 4.94. The Hall–Kier alpha value is -1.90. The Kier molecular flexibility index (Phi) is 5.58. The van der Waals surface area contributed by atoms with E-state index in [0.29, 0.717) is 23.8 Å². The highest BCUT2D eigenvalue weighted by Gasteiger charge is 2.42. The molecule has 4 atom stereocenters. The number of thioether (sulfide) groups is 1. The summed E-state index contributed by atoms with van der Waals surface area (Å²) in [5.74, 6) is 0.238. The molecule has 0 unspecified atom stereocenters. The lowest BCUT2D eigenvalue weighted by Crippen LogP contribution is -2.42. The molecule has 2 N–H and O–H groups in total. The van der Waals surface area contributed by atoms with Crippen molar-refractivity contribution in [3.63, 3.8) is 0 Å². The van der Waals surface area contributed by atoms with Gasteiger partial charge < -0.3 is 15.2 Å². The van der Waals surface area contributed by atoms with Gasteiger partial charge in [0.25, 0.3) is 0 Å². The van der Waals surface area contributed by atoms with Gasteiger partial charge in [0, 0.05) is 42.2 Å². The first kappa shape index (κ1) is 21.9. The minimum Gasteiger partial charge on any atom is -0.338 e. The van der Waals surface area contributed by atoms with Crippen LogP contribution in [0.5, 0.6) is 0 Å². The maximum atomic E-state index is 15.0. The van der Waals surface area contributed by atoms with E-state index in [4.69, 9.17) is 17.3 Å². The molecule has 6 nitrogen and oxygen atoms in total. The number of amides is 1. The summed E-state index contributed by atoms with van der Waals surface area (Å²) in [5, 5.41) is 2.18. The third kappa shape index (κ3) is 3.14. The number of fused-ring (bicyclic) bond motifs is 3. The zero-order chi connectivity index (χ0) is 22.7. The van der Waals surface area contributed by atoms with E-state index in [0.717, 1.165) is 47.4 Å². The topological polar surface area (TPSA) is 77.0 Å². The molecule has 4 heterocycles. The van der Waals surface area contributed by atoms with Gasteiger partial charge in [0.15, 0.2) is 11.0 Å². The maximum absolute atomic E-state index is 15.0. The van der Waals surface area contributed by atoms with Crippen molar-refractivity contribution >= 4 is 51.1 Å². The summed E-state index contributed by atoms with van der Waals surface area (Å²) >= 11 is 7.49. The van der Waals surface area contributed by atoms with Crippen LogP contribution in [0.4, 0.5) is 4.39 Å². The largest absolute Gasteiger partial charge is 0.338 e. The highest BCUT2D eigenvalue weighted by Crippen LogP contribution is 2.50. The maximum Gasteiger partial charge on any atom is 0.220 e. The second-order valence-electron chi connectivity index (χ2n) is 9.02. The van der Waals surface area contributed by atoms with Crippen molar-refractivity contribution in [1.82, 2.24) is 19.4 Å². The van der Waals surface area contributed by atoms with Crippen LogP contribution in [0, 0.1) is 17.7 Å². The molecule has 0 aromatic carbocycles. The standard InChI is InChI=1S/C23H27ClFN5OS/c1-11-7-13(9-26)20(11)30-17(16-5-4-6-29(16)12(2)31)8-14-21(30)15-10-27-22(24)18(25)19(15)28-23(14)32-3/h8,10-11,13,16,20H,4-7,9,26H2,1-3H3/t11-,13+,16+,20+/m0/s1. The first-order valence-corrected chi connectivity index (χ1v) is 12.7. The Morgan fingerprint density at radius 2 is 2.19 bits per heavy atom. The molecule has 32 heavy (non-hydrogen) atoms. The molecule has 2 fully saturated rings. The average Bonchev–Trinajstić information content (AvgIpc) is 3.39. The Morgan fingerprint density at radius 1 is 1.41 bits per heavy atom. The highest BCUT2D eigenvalue weighted by atomic mass is 35.5. The van der Waals surface area contributed by atoms with E-state index in [9.17, 15) is 4.79 Å². The van der Waals surface area contributed by atoms with E-state index in [-0.39, 0.29) is 28.7 Å². The Balaban J connectivity index is 1.88. The molecule has 0 radical (unpaired) electrons. The number of aromatic nitrogens is 3. The first-order valence-electron chi connectivity index (χ1n) is 11.1. The van der Waals surface area contributed by atoms with Gasteiger partial charge in [0.2, 0.25) is 5.91 Å². The summed E-state index contributed by atoms with van der Waals surface area (Å²) < 4.78 is 17.4. The van der Waals surface area contributed by atoms with Crippen LogP contribution in [-0.4, -0.2) is 44.7 Å². The number of hydrogen-bond donors (Lipinski definition) is 1. The lowest BCUT2D eigenvalue weighted by molar-refractivity contribution is -0.129. The summed E-state index contributed by atoms with van der Waals surface area (Å²) in [6.07, 6.45) is 6.49. The van der Waals surface area contributed by atoms with Crippen molar-refractivity contribution in [1.29, 1.82) is 0 Å². The van der Waals surface area contributed by atoms with Crippen molar-refractivity contribution in [2.45, 2.75) is 50.2 Å². The van der Waals surface area contributed by atoms with Crippen LogP contribution in [0.1, 0.15) is 50.9 Å². The van der Waals surface area contributed by atoms with Crippen LogP contribution >= 0.6 is 23.4 Å². The molecular weight excluding hydrogens is 449 g/mol. The average molecular weight is 476 g/mol. The fourth-order valence-electron chi connectivity index (χ4n) is 5.79. The lowest BCUT2D eigenvalue weighted by Gasteiger charge is -2.45. The van der Waals surface area contributed by atoms with Crippen molar-refractivity contribution in [2.24, 2.45) is 17.6 Å².